The number of aliphatic imine (C=N–C) groups is 1. The maximum atomic E-state index is 5.90. The molecule has 0 fully saturated rings. The summed E-state index contributed by atoms with van der Waals surface area (Å²) in [5.74, 6) is 3.11. The molecule has 148 valence electrons. The van der Waals surface area contributed by atoms with Crippen LogP contribution in [0.2, 0.25) is 0 Å². The Labute approximate surface area is 178 Å². The second kappa shape index (κ2) is 12.3. The Bertz CT molecular complexity index is 725. The van der Waals surface area contributed by atoms with E-state index in [9.17, 15) is 0 Å². The average Bonchev–Trinajstić information content (AvgIpc) is 2.68. The Morgan fingerprint density at radius 3 is 2.26 bits per heavy atom. The summed E-state index contributed by atoms with van der Waals surface area (Å²) in [4.78, 5) is 4.24. The number of nitrogens with one attached hydrogen (secondary N) is 2. The fraction of sp³-hybridized carbons (Fsp3) is 0.350. The van der Waals surface area contributed by atoms with Gasteiger partial charge in [-0.25, -0.2) is 0 Å². The van der Waals surface area contributed by atoms with E-state index in [0.29, 0.717) is 19.0 Å². The molecule has 27 heavy (non-hydrogen) atoms. The van der Waals surface area contributed by atoms with E-state index >= 15 is 0 Å². The number of methoxy groups -OCH3 is 2. The zero-order valence-corrected chi connectivity index (χ0v) is 18.5. The van der Waals surface area contributed by atoms with Crippen LogP contribution in [0.25, 0.3) is 0 Å². The first-order valence-electron chi connectivity index (χ1n) is 8.52. The number of guanidine groups is 1. The summed E-state index contributed by atoms with van der Waals surface area (Å²) in [6, 6.07) is 15.5. The van der Waals surface area contributed by atoms with Gasteiger partial charge in [0.15, 0.2) is 5.96 Å². The highest BCUT2D eigenvalue weighted by molar-refractivity contribution is 14.0. The Kier molecular flexibility index (Phi) is 10.4. The van der Waals surface area contributed by atoms with Gasteiger partial charge in [-0.2, -0.15) is 0 Å². The molecule has 1 unspecified atom stereocenters. The molecule has 0 radical (unpaired) electrons. The van der Waals surface area contributed by atoms with Crippen LogP contribution in [0.4, 0.5) is 0 Å². The lowest BCUT2D eigenvalue weighted by molar-refractivity contribution is 0.223. The minimum absolute atomic E-state index is 0. The highest BCUT2D eigenvalue weighted by Gasteiger charge is 2.07. The van der Waals surface area contributed by atoms with E-state index in [1.54, 1.807) is 21.3 Å². The summed E-state index contributed by atoms with van der Waals surface area (Å²) in [5.41, 5.74) is 1.12. The Morgan fingerprint density at radius 1 is 0.963 bits per heavy atom. The quantitative estimate of drug-likeness (QED) is 0.341. The van der Waals surface area contributed by atoms with Gasteiger partial charge in [-0.05, 0) is 36.8 Å². The molecule has 2 rings (SSSR count). The van der Waals surface area contributed by atoms with Crippen molar-refractivity contribution < 1.29 is 14.2 Å². The van der Waals surface area contributed by atoms with Crippen molar-refractivity contribution in [1.82, 2.24) is 10.6 Å². The number of hydrogen-bond acceptors (Lipinski definition) is 4. The third-order valence-electron chi connectivity index (χ3n) is 3.75. The molecule has 2 aromatic rings. The van der Waals surface area contributed by atoms with Crippen molar-refractivity contribution in [3.8, 4) is 17.2 Å². The van der Waals surface area contributed by atoms with Gasteiger partial charge in [0.1, 0.15) is 23.4 Å². The molecule has 2 N–H and O–H groups in total. The van der Waals surface area contributed by atoms with Gasteiger partial charge in [0, 0.05) is 19.7 Å². The van der Waals surface area contributed by atoms with Crippen LogP contribution < -0.4 is 24.8 Å². The summed E-state index contributed by atoms with van der Waals surface area (Å²) >= 11 is 0. The summed E-state index contributed by atoms with van der Waals surface area (Å²) in [7, 11) is 5.05. The minimum atomic E-state index is -0.0301. The van der Waals surface area contributed by atoms with Crippen LogP contribution in [0.3, 0.4) is 0 Å². The Morgan fingerprint density at radius 2 is 1.59 bits per heavy atom. The predicted octanol–water partition coefficient (Wildman–Crippen LogP) is 3.45. The van der Waals surface area contributed by atoms with Crippen LogP contribution in [0.15, 0.2) is 53.5 Å². The maximum Gasteiger partial charge on any atom is 0.191 e. The first-order valence-corrected chi connectivity index (χ1v) is 8.52. The molecule has 7 heteroatoms. The van der Waals surface area contributed by atoms with Gasteiger partial charge in [0.25, 0.3) is 0 Å². The zero-order valence-electron chi connectivity index (χ0n) is 16.2. The van der Waals surface area contributed by atoms with E-state index < -0.39 is 0 Å². The monoisotopic (exact) mass is 485 g/mol. The Hall–Kier alpha value is -2.16. The molecule has 6 nitrogen and oxygen atoms in total. The third kappa shape index (κ3) is 7.94. The fourth-order valence-electron chi connectivity index (χ4n) is 2.38. The van der Waals surface area contributed by atoms with Crippen LogP contribution >= 0.6 is 24.0 Å². The molecule has 1 atom stereocenters. The lowest BCUT2D eigenvalue weighted by Crippen LogP contribution is -2.41. The largest absolute Gasteiger partial charge is 0.497 e. The normalized spacial score (nSPS) is 11.8. The van der Waals surface area contributed by atoms with Crippen molar-refractivity contribution in [2.45, 2.75) is 19.6 Å². The number of nitrogens with zero attached hydrogens (tertiary/aromatic N) is 1. The standard InChI is InChI=1S/C20H27N3O3.HI/c1-15(26-19-10-6-9-18(12-19)25-4)13-22-20(21-2)23-14-16-7-5-8-17(11-16)24-3;/h5-12,15H,13-14H2,1-4H3,(H2,21,22,23);1H. The van der Waals surface area contributed by atoms with Crippen molar-refractivity contribution >= 4 is 29.9 Å². The van der Waals surface area contributed by atoms with Crippen LogP contribution in [0, 0.1) is 0 Å². The third-order valence-corrected chi connectivity index (χ3v) is 3.75. The topological polar surface area (TPSA) is 64.1 Å². The molecular formula is C20H28IN3O3. The van der Waals surface area contributed by atoms with Gasteiger partial charge < -0.3 is 24.8 Å². The summed E-state index contributed by atoms with van der Waals surface area (Å²) in [5, 5.41) is 6.55. The van der Waals surface area contributed by atoms with Crippen LogP contribution in [-0.2, 0) is 6.54 Å². The first-order chi connectivity index (χ1) is 12.6. The smallest absolute Gasteiger partial charge is 0.191 e. The molecule has 0 saturated carbocycles. The van der Waals surface area contributed by atoms with E-state index in [1.165, 1.54) is 0 Å². The van der Waals surface area contributed by atoms with E-state index in [1.807, 2.05) is 55.5 Å². The second-order valence-corrected chi connectivity index (χ2v) is 5.77. The molecule has 0 aliphatic carbocycles. The lowest BCUT2D eigenvalue weighted by atomic mass is 10.2. The van der Waals surface area contributed by atoms with E-state index in [2.05, 4.69) is 15.6 Å². The molecule has 0 spiro atoms. The average molecular weight is 485 g/mol. The molecule has 2 aromatic carbocycles. The van der Waals surface area contributed by atoms with Gasteiger partial charge in [-0.15, -0.1) is 24.0 Å². The van der Waals surface area contributed by atoms with E-state index in [4.69, 9.17) is 14.2 Å². The Balaban J connectivity index is 0.00000364. The first kappa shape index (κ1) is 22.9. The number of benzene rings is 2. The number of ether oxygens (including phenoxy) is 3. The number of halogens is 1. The van der Waals surface area contributed by atoms with Crippen LogP contribution in [-0.4, -0.2) is 39.9 Å². The minimum Gasteiger partial charge on any atom is -0.497 e. The molecule has 0 aromatic heterocycles. The van der Waals surface area contributed by atoms with Crippen molar-refractivity contribution in [1.29, 1.82) is 0 Å². The number of hydrogen-bond donors (Lipinski definition) is 2. The molecule has 0 aliphatic heterocycles. The highest BCUT2D eigenvalue weighted by Crippen LogP contribution is 2.19. The van der Waals surface area contributed by atoms with Crippen LogP contribution in [0.1, 0.15) is 12.5 Å². The van der Waals surface area contributed by atoms with Gasteiger partial charge in [-0.1, -0.05) is 18.2 Å². The molecule has 0 aliphatic rings. The predicted molar refractivity (Wildman–Crippen MR) is 120 cm³/mol. The summed E-state index contributed by atoms with van der Waals surface area (Å²) in [6.45, 7) is 3.28. The zero-order chi connectivity index (χ0) is 18.8. The van der Waals surface area contributed by atoms with Crippen molar-refractivity contribution in [3.05, 3.63) is 54.1 Å². The van der Waals surface area contributed by atoms with Crippen molar-refractivity contribution in [2.75, 3.05) is 27.8 Å². The van der Waals surface area contributed by atoms with E-state index in [-0.39, 0.29) is 30.1 Å². The second-order valence-electron chi connectivity index (χ2n) is 5.77. The van der Waals surface area contributed by atoms with Gasteiger partial charge in [-0.3, -0.25) is 4.99 Å². The van der Waals surface area contributed by atoms with E-state index in [0.717, 1.165) is 22.8 Å². The lowest BCUT2D eigenvalue weighted by Gasteiger charge is -2.18. The van der Waals surface area contributed by atoms with Gasteiger partial charge in [0.05, 0.1) is 20.8 Å². The molecule has 0 bridgehead atoms. The van der Waals surface area contributed by atoms with Crippen LogP contribution in [0.5, 0.6) is 17.2 Å². The van der Waals surface area contributed by atoms with Crippen molar-refractivity contribution in [2.24, 2.45) is 4.99 Å². The van der Waals surface area contributed by atoms with Gasteiger partial charge >= 0.3 is 0 Å². The molecule has 0 saturated heterocycles. The molecule has 0 amide bonds. The SMILES string of the molecule is CN=C(NCc1cccc(OC)c1)NCC(C)Oc1cccc(OC)c1.I. The fourth-order valence-corrected chi connectivity index (χ4v) is 2.38. The summed E-state index contributed by atoms with van der Waals surface area (Å²) < 4.78 is 16.4. The molecular weight excluding hydrogens is 457 g/mol. The van der Waals surface area contributed by atoms with Gasteiger partial charge in [0.2, 0.25) is 0 Å². The molecule has 0 heterocycles. The maximum absolute atomic E-state index is 5.90. The number of rotatable bonds is 8. The van der Waals surface area contributed by atoms with Crippen molar-refractivity contribution in [3.63, 3.8) is 0 Å². The highest BCUT2D eigenvalue weighted by atomic mass is 127. The summed E-state index contributed by atoms with van der Waals surface area (Å²) in [6.07, 6.45) is -0.0301.